The van der Waals surface area contributed by atoms with Crippen molar-refractivity contribution in [2.24, 2.45) is 5.10 Å². The summed E-state index contributed by atoms with van der Waals surface area (Å²) in [6.45, 7) is 5.67. The number of carbonyl (C=O) groups excluding carboxylic acids is 2. The molecule has 2 amide bonds. The van der Waals surface area contributed by atoms with E-state index in [1.807, 2.05) is 30.9 Å². The molecule has 4 rings (SSSR count). The molecule has 0 spiro atoms. The molecule has 10 heteroatoms. The number of hydrogen-bond donors (Lipinski definition) is 1. The number of benzene rings is 3. The number of carbonyl (C=O) groups is 2. The second-order valence-corrected chi connectivity index (χ2v) is 12.1. The van der Waals surface area contributed by atoms with Gasteiger partial charge in [0.15, 0.2) is 6.61 Å². The van der Waals surface area contributed by atoms with Crippen molar-refractivity contribution in [1.82, 2.24) is 10.3 Å². The number of sulfonamides is 1. The molecule has 3 aromatic rings. The van der Waals surface area contributed by atoms with E-state index in [4.69, 9.17) is 4.74 Å². The Labute approximate surface area is 241 Å². The highest BCUT2D eigenvalue weighted by molar-refractivity contribution is 7.92. The van der Waals surface area contributed by atoms with E-state index in [9.17, 15) is 18.0 Å². The fraction of sp³-hybridized carbons (Fsp3) is 0.323. The zero-order valence-electron chi connectivity index (χ0n) is 23.7. The molecule has 0 aliphatic carbocycles. The zero-order valence-corrected chi connectivity index (χ0v) is 24.5. The quantitative estimate of drug-likeness (QED) is 0.284. The lowest BCUT2D eigenvalue weighted by Crippen LogP contribution is -2.38. The summed E-state index contributed by atoms with van der Waals surface area (Å²) < 4.78 is 32.0. The Morgan fingerprint density at radius 2 is 1.63 bits per heavy atom. The average molecular weight is 577 g/mol. The van der Waals surface area contributed by atoms with Crippen LogP contribution in [0.5, 0.6) is 5.75 Å². The minimum Gasteiger partial charge on any atom is -0.484 e. The molecular weight excluding hydrogens is 540 g/mol. The highest BCUT2D eigenvalue weighted by Gasteiger charge is 2.19. The number of nitrogens with zero attached hydrogens (tertiary/aromatic N) is 3. The van der Waals surface area contributed by atoms with E-state index in [1.54, 1.807) is 54.6 Å². The van der Waals surface area contributed by atoms with E-state index in [0.717, 1.165) is 48.2 Å². The number of nitrogens with one attached hydrogen (secondary N) is 1. The van der Waals surface area contributed by atoms with Crippen LogP contribution in [0.25, 0.3) is 0 Å². The molecule has 9 nitrogen and oxygen atoms in total. The maximum absolute atomic E-state index is 12.6. The van der Waals surface area contributed by atoms with Gasteiger partial charge in [-0.1, -0.05) is 18.2 Å². The van der Waals surface area contributed by atoms with Crippen molar-refractivity contribution in [2.75, 3.05) is 30.3 Å². The molecule has 0 aromatic heterocycles. The maximum atomic E-state index is 12.6. The van der Waals surface area contributed by atoms with Gasteiger partial charge in [-0.2, -0.15) is 5.10 Å². The van der Waals surface area contributed by atoms with Crippen LogP contribution in [-0.2, 0) is 21.4 Å². The molecule has 0 radical (unpaired) electrons. The minimum absolute atomic E-state index is 0.000146. The van der Waals surface area contributed by atoms with Crippen molar-refractivity contribution < 1.29 is 22.7 Å². The Bertz CT molecular complexity index is 1500. The van der Waals surface area contributed by atoms with E-state index >= 15 is 0 Å². The third-order valence-electron chi connectivity index (χ3n) is 7.05. The molecule has 0 unspecified atom stereocenters. The van der Waals surface area contributed by atoms with Crippen molar-refractivity contribution in [1.29, 1.82) is 0 Å². The summed E-state index contributed by atoms with van der Waals surface area (Å²) in [5, 5.41) is 4.03. The normalized spacial score (nSPS) is 13.7. The number of amides is 2. The van der Waals surface area contributed by atoms with Gasteiger partial charge in [0.2, 0.25) is 10.0 Å². The number of rotatable bonds is 10. The van der Waals surface area contributed by atoms with Crippen LogP contribution >= 0.6 is 0 Å². The molecule has 1 aliphatic rings. The second-order valence-electron chi connectivity index (χ2n) is 10.2. The fourth-order valence-electron chi connectivity index (χ4n) is 4.47. The van der Waals surface area contributed by atoms with Crippen molar-refractivity contribution in [3.63, 3.8) is 0 Å². The van der Waals surface area contributed by atoms with Gasteiger partial charge in [0.05, 0.1) is 24.7 Å². The minimum atomic E-state index is -3.52. The number of ether oxygens (including phenoxy) is 1. The lowest BCUT2D eigenvalue weighted by Gasteiger charge is -2.26. The Hall–Kier alpha value is -4.18. The summed E-state index contributed by atoms with van der Waals surface area (Å²) in [5.74, 6) is 0.196. The van der Waals surface area contributed by atoms with Gasteiger partial charge in [-0.25, -0.2) is 13.8 Å². The van der Waals surface area contributed by atoms with Crippen LogP contribution < -0.4 is 14.5 Å². The Morgan fingerprint density at radius 1 is 0.951 bits per heavy atom. The van der Waals surface area contributed by atoms with Crippen LogP contribution in [0, 0.1) is 13.8 Å². The van der Waals surface area contributed by atoms with E-state index in [0.29, 0.717) is 17.0 Å². The van der Waals surface area contributed by atoms with Crippen LogP contribution in [0.4, 0.5) is 5.69 Å². The van der Waals surface area contributed by atoms with Crippen molar-refractivity contribution in [3.05, 3.63) is 94.5 Å². The number of aryl methyl sites for hydroxylation is 2. The van der Waals surface area contributed by atoms with Gasteiger partial charge in [0.25, 0.3) is 11.8 Å². The first-order chi connectivity index (χ1) is 19.6. The Morgan fingerprint density at radius 3 is 2.27 bits per heavy atom. The van der Waals surface area contributed by atoms with Gasteiger partial charge in [-0.15, -0.1) is 0 Å². The predicted molar refractivity (Wildman–Crippen MR) is 161 cm³/mol. The molecule has 0 saturated carbocycles. The highest BCUT2D eigenvalue weighted by Crippen LogP contribution is 2.23. The monoisotopic (exact) mass is 576 g/mol. The van der Waals surface area contributed by atoms with E-state index in [2.05, 4.69) is 10.5 Å². The highest BCUT2D eigenvalue weighted by atomic mass is 32.2. The molecule has 3 aromatic carbocycles. The Kier molecular flexibility index (Phi) is 9.78. The largest absolute Gasteiger partial charge is 0.484 e. The molecule has 0 atom stereocenters. The molecule has 1 fully saturated rings. The summed E-state index contributed by atoms with van der Waals surface area (Å²) in [6.07, 6.45) is 5.95. The molecule has 41 heavy (non-hydrogen) atoms. The SMILES string of the molecule is Cc1ccc(N(Cc2ccc(C(=O)N/N=C\c3ccc(OCC(=O)N4CCCCC4)cc3)cc2)S(C)(=O)=O)cc1C. The number of anilines is 1. The summed E-state index contributed by atoms with van der Waals surface area (Å²) in [5.41, 5.74) is 7.08. The van der Waals surface area contributed by atoms with Crippen LogP contribution in [0.1, 0.15) is 51.9 Å². The van der Waals surface area contributed by atoms with Gasteiger partial charge >= 0.3 is 0 Å². The topological polar surface area (TPSA) is 108 Å². The van der Waals surface area contributed by atoms with Crippen LogP contribution in [0.3, 0.4) is 0 Å². The number of hydrazone groups is 1. The molecule has 1 N–H and O–H groups in total. The van der Waals surface area contributed by atoms with Crippen LogP contribution in [0.15, 0.2) is 71.8 Å². The van der Waals surface area contributed by atoms with Crippen LogP contribution in [0.2, 0.25) is 0 Å². The molecule has 1 aliphatic heterocycles. The summed E-state index contributed by atoms with van der Waals surface area (Å²) in [4.78, 5) is 26.7. The lowest BCUT2D eigenvalue weighted by molar-refractivity contribution is -0.134. The van der Waals surface area contributed by atoms with Crippen molar-refractivity contribution >= 4 is 33.7 Å². The standard InChI is InChI=1S/C31H36N4O5S/c1-23-7-14-28(19-24(23)2)35(41(3,38)39)21-26-8-12-27(13-9-26)31(37)33-32-20-25-10-15-29(16-11-25)40-22-30(36)34-17-5-4-6-18-34/h7-16,19-20H,4-6,17-18,21-22H2,1-3H3,(H,33,37)/b32-20-. The summed E-state index contributed by atoms with van der Waals surface area (Å²) in [7, 11) is -3.52. The van der Waals surface area contributed by atoms with Gasteiger partial charge < -0.3 is 9.64 Å². The van der Waals surface area contributed by atoms with Gasteiger partial charge in [0.1, 0.15) is 5.75 Å². The average Bonchev–Trinajstić information content (AvgIpc) is 2.97. The van der Waals surface area contributed by atoms with Gasteiger partial charge in [0, 0.05) is 18.7 Å². The third-order valence-corrected chi connectivity index (χ3v) is 8.19. The van der Waals surface area contributed by atoms with E-state index in [1.165, 1.54) is 23.2 Å². The first-order valence-electron chi connectivity index (χ1n) is 13.6. The molecule has 1 heterocycles. The first-order valence-corrected chi connectivity index (χ1v) is 15.4. The first kappa shape index (κ1) is 29.8. The fourth-order valence-corrected chi connectivity index (χ4v) is 5.35. The Balaban J connectivity index is 1.29. The number of piperidine rings is 1. The van der Waals surface area contributed by atoms with E-state index < -0.39 is 15.9 Å². The second kappa shape index (κ2) is 13.5. The predicted octanol–water partition coefficient (Wildman–Crippen LogP) is 4.42. The molecule has 1 saturated heterocycles. The van der Waals surface area contributed by atoms with Gasteiger partial charge in [-0.05, 0) is 104 Å². The summed E-state index contributed by atoms with van der Waals surface area (Å²) >= 11 is 0. The molecule has 216 valence electrons. The van der Waals surface area contributed by atoms with Crippen LogP contribution in [-0.4, -0.2) is 57.3 Å². The van der Waals surface area contributed by atoms with Crippen molar-refractivity contribution in [3.8, 4) is 5.75 Å². The smallest absolute Gasteiger partial charge is 0.271 e. The van der Waals surface area contributed by atoms with Gasteiger partial charge in [-0.3, -0.25) is 13.9 Å². The summed E-state index contributed by atoms with van der Waals surface area (Å²) in [6, 6.07) is 19.4. The lowest BCUT2D eigenvalue weighted by atomic mass is 10.1. The molecule has 0 bridgehead atoms. The van der Waals surface area contributed by atoms with E-state index in [-0.39, 0.29) is 19.1 Å². The third kappa shape index (κ3) is 8.40. The molecular formula is C31H36N4O5S. The zero-order chi connectivity index (χ0) is 29.4. The maximum Gasteiger partial charge on any atom is 0.271 e. The number of hydrogen-bond acceptors (Lipinski definition) is 6. The number of likely N-dealkylation sites (tertiary alicyclic amines) is 1. The van der Waals surface area contributed by atoms with Crippen molar-refractivity contribution in [2.45, 2.75) is 39.7 Å².